The molecule has 20 heavy (non-hydrogen) atoms. The number of rotatable bonds is 2. The second-order valence-corrected chi connectivity index (χ2v) is 5.88. The summed E-state index contributed by atoms with van der Waals surface area (Å²) in [5.41, 5.74) is 5.39. The fourth-order valence-corrected chi connectivity index (χ4v) is 3.17. The van der Waals surface area contributed by atoms with Crippen molar-refractivity contribution in [1.82, 2.24) is 0 Å². The van der Waals surface area contributed by atoms with Gasteiger partial charge in [0.2, 0.25) is 0 Å². The minimum Gasteiger partial charge on any atom is -0.320 e. The molecule has 1 atom stereocenters. The molecule has 0 saturated carbocycles. The highest BCUT2D eigenvalue weighted by atomic mass is 32.1. The Kier molecular flexibility index (Phi) is 3.88. The van der Waals surface area contributed by atoms with Gasteiger partial charge in [0.1, 0.15) is 5.82 Å². The quantitative estimate of drug-likeness (QED) is 0.808. The number of hydrogen-bond acceptors (Lipinski definition) is 2. The standard InChI is InChI=1S/C14H13F4NS/c1-7-6-8(2)20-13(7)12(19)9-4-3-5-10(11(9)15)14(16,17)18/h3-6,12H,19H2,1-2H3. The maximum absolute atomic E-state index is 14.0. The van der Waals surface area contributed by atoms with E-state index in [0.717, 1.165) is 16.5 Å². The van der Waals surface area contributed by atoms with E-state index in [1.807, 2.05) is 19.9 Å². The summed E-state index contributed by atoms with van der Waals surface area (Å²) in [5.74, 6) is -1.29. The van der Waals surface area contributed by atoms with Crippen LogP contribution >= 0.6 is 11.3 Å². The molecule has 0 spiro atoms. The van der Waals surface area contributed by atoms with Crippen molar-refractivity contribution in [3.63, 3.8) is 0 Å². The van der Waals surface area contributed by atoms with E-state index in [4.69, 9.17) is 5.73 Å². The van der Waals surface area contributed by atoms with Crippen molar-refractivity contribution >= 4 is 11.3 Å². The Morgan fingerprint density at radius 1 is 1.20 bits per heavy atom. The molecule has 108 valence electrons. The summed E-state index contributed by atoms with van der Waals surface area (Å²) in [5, 5.41) is 0. The van der Waals surface area contributed by atoms with Crippen molar-refractivity contribution in [1.29, 1.82) is 0 Å². The number of thiophene rings is 1. The summed E-state index contributed by atoms with van der Waals surface area (Å²) in [6.07, 6.45) is -4.72. The summed E-state index contributed by atoms with van der Waals surface area (Å²) in [7, 11) is 0. The van der Waals surface area contributed by atoms with E-state index >= 15 is 0 Å². The van der Waals surface area contributed by atoms with Crippen LogP contribution in [-0.2, 0) is 6.18 Å². The molecule has 0 aliphatic carbocycles. The zero-order valence-electron chi connectivity index (χ0n) is 10.9. The highest BCUT2D eigenvalue weighted by Crippen LogP contribution is 2.36. The van der Waals surface area contributed by atoms with Crippen LogP contribution in [0.2, 0.25) is 0 Å². The van der Waals surface area contributed by atoms with Crippen LogP contribution in [0.25, 0.3) is 0 Å². The number of halogens is 4. The van der Waals surface area contributed by atoms with E-state index in [1.165, 1.54) is 23.5 Å². The van der Waals surface area contributed by atoms with Crippen LogP contribution in [-0.4, -0.2) is 0 Å². The van der Waals surface area contributed by atoms with E-state index in [1.54, 1.807) is 0 Å². The summed E-state index contributed by atoms with van der Waals surface area (Å²) in [6, 6.07) is 4.18. The van der Waals surface area contributed by atoms with Gasteiger partial charge in [-0.05, 0) is 31.5 Å². The van der Waals surface area contributed by atoms with E-state index in [-0.39, 0.29) is 5.56 Å². The Balaban J connectivity index is 2.51. The third-order valence-corrected chi connectivity index (χ3v) is 4.27. The first-order valence-corrected chi connectivity index (χ1v) is 6.71. The molecular formula is C14H13F4NS. The van der Waals surface area contributed by atoms with Crippen molar-refractivity contribution in [2.75, 3.05) is 0 Å². The first-order chi connectivity index (χ1) is 9.21. The zero-order chi connectivity index (χ0) is 15.1. The Bertz CT molecular complexity index is 631. The third kappa shape index (κ3) is 2.71. The van der Waals surface area contributed by atoms with Crippen LogP contribution < -0.4 is 5.73 Å². The van der Waals surface area contributed by atoms with Crippen molar-refractivity contribution in [3.8, 4) is 0 Å². The van der Waals surface area contributed by atoms with Crippen molar-refractivity contribution in [2.45, 2.75) is 26.1 Å². The average molecular weight is 303 g/mol. The highest BCUT2D eigenvalue weighted by molar-refractivity contribution is 7.12. The van der Waals surface area contributed by atoms with Crippen molar-refractivity contribution in [2.24, 2.45) is 5.73 Å². The number of benzene rings is 1. The molecular weight excluding hydrogens is 290 g/mol. The molecule has 1 unspecified atom stereocenters. The Morgan fingerprint density at radius 3 is 2.35 bits per heavy atom. The molecule has 1 aromatic heterocycles. The first kappa shape index (κ1) is 15.0. The minimum atomic E-state index is -4.72. The van der Waals surface area contributed by atoms with Crippen LogP contribution in [0.15, 0.2) is 24.3 Å². The molecule has 0 radical (unpaired) electrons. The van der Waals surface area contributed by atoms with E-state index < -0.39 is 23.6 Å². The number of alkyl halides is 3. The van der Waals surface area contributed by atoms with E-state index in [9.17, 15) is 17.6 Å². The van der Waals surface area contributed by atoms with Gasteiger partial charge >= 0.3 is 6.18 Å². The minimum absolute atomic E-state index is 0.134. The Labute approximate surface area is 118 Å². The maximum Gasteiger partial charge on any atom is 0.419 e. The van der Waals surface area contributed by atoms with Gasteiger partial charge in [0.05, 0.1) is 11.6 Å². The van der Waals surface area contributed by atoms with Crippen LogP contribution in [0.1, 0.15) is 32.5 Å². The lowest BCUT2D eigenvalue weighted by molar-refractivity contribution is -0.140. The van der Waals surface area contributed by atoms with Gasteiger partial charge in [-0.25, -0.2) is 4.39 Å². The molecule has 0 fully saturated rings. The van der Waals surface area contributed by atoms with E-state index in [2.05, 4.69) is 0 Å². The monoisotopic (exact) mass is 303 g/mol. The summed E-state index contributed by atoms with van der Waals surface area (Å²) in [6.45, 7) is 3.68. The lowest BCUT2D eigenvalue weighted by atomic mass is 10.0. The van der Waals surface area contributed by atoms with Crippen LogP contribution in [0, 0.1) is 19.7 Å². The van der Waals surface area contributed by atoms with Gasteiger partial charge in [-0.2, -0.15) is 13.2 Å². The molecule has 0 aliphatic rings. The first-order valence-electron chi connectivity index (χ1n) is 5.90. The second-order valence-electron chi connectivity index (χ2n) is 4.59. The zero-order valence-corrected chi connectivity index (χ0v) is 11.7. The number of hydrogen-bond donors (Lipinski definition) is 1. The third-order valence-electron chi connectivity index (χ3n) is 3.03. The predicted octanol–water partition coefficient (Wildman–Crippen LogP) is 4.57. The van der Waals surface area contributed by atoms with Crippen LogP contribution in [0.3, 0.4) is 0 Å². The average Bonchev–Trinajstić information content (AvgIpc) is 2.66. The summed E-state index contributed by atoms with van der Waals surface area (Å²) < 4.78 is 52.1. The van der Waals surface area contributed by atoms with Gasteiger partial charge in [-0.15, -0.1) is 11.3 Å². The molecule has 2 N–H and O–H groups in total. The lowest BCUT2D eigenvalue weighted by Gasteiger charge is -2.16. The fraction of sp³-hybridized carbons (Fsp3) is 0.286. The molecule has 2 rings (SSSR count). The molecule has 1 aromatic carbocycles. The lowest BCUT2D eigenvalue weighted by Crippen LogP contribution is -2.17. The largest absolute Gasteiger partial charge is 0.419 e. The Hall–Kier alpha value is -1.40. The summed E-state index contributed by atoms with van der Waals surface area (Å²) in [4.78, 5) is 1.67. The van der Waals surface area contributed by atoms with Crippen LogP contribution in [0.4, 0.5) is 17.6 Å². The normalized spacial score (nSPS) is 13.6. The van der Waals surface area contributed by atoms with Gasteiger partial charge in [0, 0.05) is 15.3 Å². The topological polar surface area (TPSA) is 26.0 Å². The van der Waals surface area contributed by atoms with Gasteiger partial charge in [0.15, 0.2) is 0 Å². The Morgan fingerprint density at radius 2 is 1.85 bits per heavy atom. The highest BCUT2D eigenvalue weighted by Gasteiger charge is 2.35. The van der Waals surface area contributed by atoms with Gasteiger partial charge in [-0.3, -0.25) is 0 Å². The fourth-order valence-electron chi connectivity index (χ4n) is 2.12. The van der Waals surface area contributed by atoms with Crippen molar-refractivity contribution < 1.29 is 17.6 Å². The molecule has 0 bridgehead atoms. The molecule has 2 aromatic rings. The van der Waals surface area contributed by atoms with Crippen LogP contribution in [0.5, 0.6) is 0 Å². The maximum atomic E-state index is 14.0. The molecule has 0 amide bonds. The second kappa shape index (κ2) is 5.18. The molecule has 6 heteroatoms. The predicted molar refractivity (Wildman–Crippen MR) is 71.2 cm³/mol. The molecule has 0 aliphatic heterocycles. The molecule has 1 nitrogen and oxygen atoms in total. The number of nitrogens with two attached hydrogens (primary N) is 1. The van der Waals surface area contributed by atoms with Crippen molar-refractivity contribution in [3.05, 3.63) is 56.5 Å². The van der Waals surface area contributed by atoms with Gasteiger partial charge in [-0.1, -0.05) is 12.1 Å². The smallest absolute Gasteiger partial charge is 0.320 e. The number of aryl methyl sites for hydroxylation is 2. The summed E-state index contributed by atoms with van der Waals surface area (Å²) >= 11 is 1.37. The van der Waals surface area contributed by atoms with Gasteiger partial charge in [0.25, 0.3) is 0 Å². The molecule has 0 saturated heterocycles. The van der Waals surface area contributed by atoms with Gasteiger partial charge < -0.3 is 5.73 Å². The van der Waals surface area contributed by atoms with E-state index in [0.29, 0.717) is 4.88 Å². The molecule has 1 heterocycles. The SMILES string of the molecule is Cc1cc(C)c(C(N)c2cccc(C(F)(F)F)c2F)s1.